The van der Waals surface area contributed by atoms with Crippen LogP contribution in [0.3, 0.4) is 0 Å². The number of H-pyrrole nitrogens is 1. The molecule has 2 aromatic rings. The molecule has 1 fully saturated rings. The normalized spacial score (nSPS) is 27.2. The highest BCUT2D eigenvalue weighted by atomic mass is 28.4. The zero-order valence-corrected chi connectivity index (χ0v) is 20.3. The lowest BCUT2D eigenvalue weighted by atomic mass is 10.0. The summed E-state index contributed by atoms with van der Waals surface area (Å²) in [5, 5.41) is 31.4. The summed E-state index contributed by atoms with van der Waals surface area (Å²) in [6.45, 7) is 12.0. The van der Waals surface area contributed by atoms with E-state index in [0.717, 1.165) is 0 Å². The van der Waals surface area contributed by atoms with Crippen LogP contribution in [0, 0.1) is 0 Å². The van der Waals surface area contributed by atoms with E-state index in [4.69, 9.17) is 13.9 Å². The average Bonchev–Trinajstić information content (AvgIpc) is 3.14. The number of aliphatic hydroxyl groups excluding tert-OH is 3. The summed E-state index contributed by atoms with van der Waals surface area (Å²) in [5.41, 5.74) is -1.05. The molecular weight excluding hydrogens is 436 g/mol. The number of nitrogens with one attached hydrogen (secondary N) is 1. The fraction of sp³-hybridized carbons (Fsp3) is 0.750. The molecule has 4 atom stereocenters. The van der Waals surface area contributed by atoms with Crippen LogP contribution in [0.15, 0.2) is 17.4 Å². The molecule has 0 saturated carbocycles. The minimum Gasteiger partial charge on any atom is -0.413 e. The molecule has 2 aromatic heterocycles. The van der Waals surface area contributed by atoms with Gasteiger partial charge in [0, 0.05) is 0 Å². The van der Waals surface area contributed by atoms with E-state index in [1.807, 2.05) is 0 Å². The number of rotatable bonds is 8. The van der Waals surface area contributed by atoms with Crippen LogP contribution >= 0.6 is 0 Å². The lowest BCUT2D eigenvalue weighted by Crippen LogP contribution is -2.62. The first kappa shape index (κ1) is 25.0. The molecule has 12 heteroatoms. The Morgan fingerprint density at radius 3 is 2.38 bits per heavy atom. The van der Waals surface area contributed by atoms with Crippen molar-refractivity contribution in [2.24, 2.45) is 0 Å². The largest absolute Gasteiger partial charge is 0.413 e. The van der Waals surface area contributed by atoms with Crippen LogP contribution in [-0.2, 0) is 13.9 Å². The highest BCUT2D eigenvalue weighted by molar-refractivity contribution is 6.77. The molecule has 3 rings (SSSR count). The number of hydrogen-bond acceptors (Lipinski definition) is 9. The second-order valence-corrected chi connectivity index (χ2v) is 14.7. The van der Waals surface area contributed by atoms with Crippen LogP contribution in [0.4, 0.5) is 0 Å². The number of hydrogen-bond donors (Lipinski definition) is 4. The first-order valence-corrected chi connectivity index (χ1v) is 13.0. The summed E-state index contributed by atoms with van der Waals surface area (Å²) >= 11 is 0. The third-order valence-electron chi connectivity index (χ3n) is 6.50. The lowest BCUT2D eigenvalue weighted by Gasteiger charge is -2.49. The van der Waals surface area contributed by atoms with Gasteiger partial charge in [-0.1, -0.05) is 41.5 Å². The SMILES string of the molecule is CC(C)[Si](OC[C@]1(CO)O[C@@H](n2cnc3c(=O)[nH]cnc32)C(O)OC1O)(C(C)C)C(C)C. The first-order chi connectivity index (χ1) is 15.0. The highest BCUT2D eigenvalue weighted by Crippen LogP contribution is 2.44. The number of imidazole rings is 1. The predicted molar refractivity (Wildman–Crippen MR) is 118 cm³/mol. The summed E-state index contributed by atoms with van der Waals surface area (Å²) in [6, 6.07) is 0. The number of ether oxygens (including phenoxy) is 2. The molecule has 1 saturated heterocycles. The van der Waals surface area contributed by atoms with Crippen LogP contribution in [0.25, 0.3) is 11.2 Å². The van der Waals surface area contributed by atoms with Gasteiger partial charge in [0.2, 0.25) is 6.29 Å². The number of aliphatic hydroxyl groups is 3. The van der Waals surface area contributed by atoms with Crippen LogP contribution < -0.4 is 5.56 Å². The molecular formula is C20H34N4O7Si. The van der Waals surface area contributed by atoms with Gasteiger partial charge in [-0.15, -0.1) is 0 Å². The Bertz CT molecular complexity index is 956. The van der Waals surface area contributed by atoms with E-state index >= 15 is 0 Å². The summed E-state index contributed by atoms with van der Waals surface area (Å²) in [6.07, 6.45) is -1.94. The Labute approximate surface area is 187 Å². The van der Waals surface area contributed by atoms with E-state index in [9.17, 15) is 20.1 Å². The number of nitrogens with zero attached hydrogens (tertiary/aromatic N) is 3. The van der Waals surface area contributed by atoms with Gasteiger partial charge in [0.25, 0.3) is 5.56 Å². The van der Waals surface area contributed by atoms with Gasteiger partial charge >= 0.3 is 0 Å². The minimum atomic E-state index is -2.36. The molecule has 1 aliphatic rings. The van der Waals surface area contributed by atoms with E-state index < -0.39 is 44.9 Å². The fourth-order valence-electron chi connectivity index (χ4n) is 4.94. The summed E-state index contributed by atoms with van der Waals surface area (Å²) < 4.78 is 19.3. The van der Waals surface area contributed by atoms with Crippen LogP contribution in [-0.4, -0.2) is 74.6 Å². The van der Waals surface area contributed by atoms with Crippen molar-refractivity contribution in [2.45, 2.75) is 82.6 Å². The van der Waals surface area contributed by atoms with Crippen LogP contribution in [0.2, 0.25) is 16.6 Å². The van der Waals surface area contributed by atoms with Gasteiger partial charge in [-0.05, 0) is 16.6 Å². The maximum absolute atomic E-state index is 12.0. The molecule has 11 nitrogen and oxygen atoms in total. The van der Waals surface area contributed by atoms with Gasteiger partial charge in [0.15, 0.2) is 37.6 Å². The Hall–Kier alpha value is -1.67. The van der Waals surface area contributed by atoms with Crippen LogP contribution in [0.5, 0.6) is 0 Å². The molecule has 0 aromatic carbocycles. The van der Waals surface area contributed by atoms with Gasteiger partial charge < -0.3 is 34.2 Å². The lowest BCUT2D eigenvalue weighted by molar-refractivity contribution is -0.395. The van der Waals surface area contributed by atoms with Gasteiger partial charge in [-0.3, -0.25) is 9.36 Å². The molecule has 0 radical (unpaired) electrons. The van der Waals surface area contributed by atoms with Crippen molar-refractivity contribution in [1.29, 1.82) is 0 Å². The van der Waals surface area contributed by atoms with E-state index in [2.05, 4.69) is 56.5 Å². The van der Waals surface area contributed by atoms with E-state index in [1.54, 1.807) is 0 Å². The third-order valence-corrected chi connectivity index (χ3v) is 12.6. The van der Waals surface area contributed by atoms with Gasteiger partial charge in [-0.25, -0.2) is 9.97 Å². The van der Waals surface area contributed by atoms with Crippen molar-refractivity contribution in [3.05, 3.63) is 23.0 Å². The summed E-state index contributed by atoms with van der Waals surface area (Å²) in [5.74, 6) is 0. The quantitative estimate of drug-likeness (QED) is 0.417. The number of fused-ring (bicyclic) bond motifs is 1. The monoisotopic (exact) mass is 470 g/mol. The van der Waals surface area contributed by atoms with Gasteiger partial charge in [-0.2, -0.15) is 0 Å². The van der Waals surface area contributed by atoms with Gasteiger partial charge in [0.1, 0.15) is 0 Å². The fourth-order valence-corrected chi connectivity index (χ4v) is 10.4. The smallest absolute Gasteiger partial charge is 0.278 e. The highest BCUT2D eigenvalue weighted by Gasteiger charge is 2.53. The van der Waals surface area contributed by atoms with E-state index in [1.165, 1.54) is 17.2 Å². The summed E-state index contributed by atoms with van der Waals surface area (Å²) in [7, 11) is -2.36. The van der Waals surface area contributed by atoms with E-state index in [0.29, 0.717) is 0 Å². The topological polar surface area (TPSA) is 152 Å². The second-order valence-electron chi connectivity index (χ2n) is 9.27. The molecule has 3 heterocycles. The molecule has 1 aliphatic heterocycles. The van der Waals surface area contributed by atoms with Crippen LogP contribution in [0.1, 0.15) is 47.8 Å². The third kappa shape index (κ3) is 4.04. The van der Waals surface area contributed by atoms with E-state index in [-0.39, 0.29) is 34.4 Å². The zero-order valence-electron chi connectivity index (χ0n) is 19.3. The standard InChI is InChI=1S/C20H34N4O7Si/c1-11(2)32(12(3)4,13(5)6)29-8-20(7-25)19(28)30-18(27)17(31-20)24-10-23-14-15(24)21-9-22-16(14)26/h9-13,17-19,25,27-28H,7-8H2,1-6H3,(H,21,22,26)/t17-,18?,19?,20+/m1/s1. The summed E-state index contributed by atoms with van der Waals surface area (Å²) in [4.78, 5) is 22.6. The minimum absolute atomic E-state index is 0.0612. The predicted octanol–water partition coefficient (Wildman–Crippen LogP) is 1.22. The Morgan fingerprint density at radius 2 is 1.81 bits per heavy atom. The maximum Gasteiger partial charge on any atom is 0.278 e. The molecule has 0 amide bonds. The molecule has 0 aliphatic carbocycles. The Morgan fingerprint density at radius 1 is 1.19 bits per heavy atom. The Kier molecular flexibility index (Phi) is 7.25. The first-order valence-electron chi connectivity index (χ1n) is 10.8. The van der Waals surface area contributed by atoms with Crippen molar-refractivity contribution >= 4 is 19.5 Å². The van der Waals surface area contributed by atoms with Crippen molar-refractivity contribution in [2.75, 3.05) is 13.2 Å². The molecule has 180 valence electrons. The van der Waals surface area contributed by atoms with Gasteiger partial charge in [0.05, 0.1) is 25.9 Å². The molecule has 0 spiro atoms. The molecule has 32 heavy (non-hydrogen) atoms. The van der Waals surface area contributed by atoms with Crippen molar-refractivity contribution < 1.29 is 29.2 Å². The maximum atomic E-state index is 12.0. The molecule has 2 unspecified atom stereocenters. The van der Waals surface area contributed by atoms with Crippen molar-refractivity contribution in [3.8, 4) is 0 Å². The number of aromatic nitrogens is 4. The second kappa shape index (κ2) is 9.29. The number of aromatic amines is 1. The molecule has 4 N–H and O–H groups in total. The molecule has 0 bridgehead atoms. The van der Waals surface area contributed by atoms with Crippen molar-refractivity contribution in [3.63, 3.8) is 0 Å². The Balaban J connectivity index is 1.96. The van der Waals surface area contributed by atoms with Crippen molar-refractivity contribution in [1.82, 2.24) is 19.5 Å². The average molecular weight is 471 g/mol. The zero-order chi connectivity index (χ0) is 23.8.